The molecule has 2 heterocycles. The van der Waals surface area contributed by atoms with Crippen LogP contribution < -0.4 is 65.1 Å². The number of aliphatic imine (C=N–C) groups is 2. The van der Waals surface area contributed by atoms with Gasteiger partial charge in [-0.2, -0.15) is 0 Å². The highest BCUT2D eigenvalue weighted by molar-refractivity contribution is 6.32. The Morgan fingerprint density at radius 1 is 0.506 bits per heavy atom. The van der Waals surface area contributed by atoms with Gasteiger partial charge in [-0.05, 0) is 99.8 Å². The van der Waals surface area contributed by atoms with E-state index in [9.17, 15) is 19.2 Å². The summed E-state index contributed by atoms with van der Waals surface area (Å²) in [4.78, 5) is 78.9. The van der Waals surface area contributed by atoms with Crippen LogP contribution in [0, 0.1) is 0 Å². The SMILES string of the molecule is CCCCCCN(CCNC(=O)CCC(=O)NCCN(CCCCC)CCOc1ccc(CCCCN=C(N)NC(=O)c2nc(Cl)c(N)nc2N)cc1)CCOc1ccc(CCCCN=C(N)NC(=O)c2nc(Cl)c(N)nc2N)cc1. The van der Waals surface area contributed by atoms with E-state index in [1.807, 2.05) is 48.5 Å². The molecule has 0 spiro atoms. The van der Waals surface area contributed by atoms with Crippen molar-refractivity contribution in [2.75, 3.05) is 102 Å². The van der Waals surface area contributed by atoms with Crippen LogP contribution >= 0.6 is 23.2 Å². The maximum atomic E-state index is 12.8. The molecule has 0 aliphatic carbocycles. The second kappa shape index (κ2) is 37.6. The highest BCUT2D eigenvalue weighted by Gasteiger charge is 2.19. The van der Waals surface area contributed by atoms with Crippen molar-refractivity contribution < 1.29 is 28.7 Å². The lowest BCUT2D eigenvalue weighted by Gasteiger charge is -2.23. The number of halogens is 2. The summed E-state index contributed by atoms with van der Waals surface area (Å²) in [5, 5.41) is 10.6. The van der Waals surface area contributed by atoms with Crippen LogP contribution in [0.15, 0.2) is 58.5 Å². The van der Waals surface area contributed by atoms with Crippen LogP contribution in [-0.4, -0.2) is 144 Å². The van der Waals surface area contributed by atoms with Crippen molar-refractivity contribution in [2.45, 2.75) is 110 Å². The molecule has 26 heteroatoms. The number of unbranched alkanes of at least 4 members (excludes halogenated alkanes) is 7. The van der Waals surface area contributed by atoms with Gasteiger partial charge < -0.3 is 54.5 Å². The Bertz CT molecular complexity index is 2630. The fourth-order valence-corrected chi connectivity index (χ4v) is 8.40. The highest BCUT2D eigenvalue weighted by atomic mass is 35.5. The van der Waals surface area contributed by atoms with E-state index in [0.29, 0.717) is 65.6 Å². The van der Waals surface area contributed by atoms with Crippen LogP contribution in [0.2, 0.25) is 10.3 Å². The van der Waals surface area contributed by atoms with Gasteiger partial charge in [0.25, 0.3) is 11.8 Å². The molecule has 0 fully saturated rings. The average Bonchev–Trinajstić information content (AvgIpc) is 3.53. The predicted molar refractivity (Wildman–Crippen MR) is 321 cm³/mol. The molecule has 2 aromatic carbocycles. The van der Waals surface area contributed by atoms with Crippen molar-refractivity contribution in [3.63, 3.8) is 0 Å². The van der Waals surface area contributed by atoms with E-state index in [4.69, 9.17) is 67.1 Å². The van der Waals surface area contributed by atoms with Crippen LogP contribution in [0.5, 0.6) is 11.5 Å². The number of aromatic nitrogens is 4. The fraction of sp³-hybridized carbons (Fsp3) is 0.527. The number of nitrogen functional groups attached to an aromatic ring is 4. The van der Waals surface area contributed by atoms with Crippen molar-refractivity contribution in [3.05, 3.63) is 81.4 Å². The van der Waals surface area contributed by atoms with E-state index in [-0.39, 0.29) is 81.5 Å². The normalized spacial score (nSPS) is 11.7. The summed E-state index contributed by atoms with van der Waals surface area (Å²) in [6, 6.07) is 16.1. The number of hydrogen-bond donors (Lipinski definition) is 10. The molecule has 0 unspecified atom stereocenters. The summed E-state index contributed by atoms with van der Waals surface area (Å²) >= 11 is 11.7. The summed E-state index contributed by atoms with van der Waals surface area (Å²) in [6.45, 7) is 11.7. The molecule has 81 heavy (non-hydrogen) atoms. The Hall–Kier alpha value is -7.28. The second-order valence-electron chi connectivity index (χ2n) is 19.3. The number of benzene rings is 2. The van der Waals surface area contributed by atoms with Crippen LogP contribution in [0.4, 0.5) is 23.3 Å². The van der Waals surface area contributed by atoms with Gasteiger partial charge in [-0.15, -0.1) is 0 Å². The zero-order valence-corrected chi connectivity index (χ0v) is 48.5. The molecule has 0 aliphatic heterocycles. The Balaban J connectivity index is 1.07. The first-order chi connectivity index (χ1) is 39.0. The first kappa shape index (κ1) is 66.2. The number of rotatable bonds is 38. The molecule has 4 amide bonds. The number of nitrogens with zero attached hydrogens (tertiary/aromatic N) is 8. The Morgan fingerprint density at radius 3 is 1.31 bits per heavy atom. The Labute approximate surface area is 485 Å². The minimum Gasteiger partial charge on any atom is -0.492 e. The maximum absolute atomic E-state index is 12.8. The lowest BCUT2D eigenvalue weighted by Crippen LogP contribution is -2.39. The van der Waals surface area contributed by atoms with Crippen LogP contribution in [0.25, 0.3) is 0 Å². The molecule has 0 radical (unpaired) electrons. The number of guanidine groups is 2. The third-order valence-corrected chi connectivity index (χ3v) is 13.3. The minimum absolute atomic E-state index is 0.0659. The van der Waals surface area contributed by atoms with Crippen molar-refractivity contribution in [2.24, 2.45) is 21.5 Å². The highest BCUT2D eigenvalue weighted by Crippen LogP contribution is 2.20. The van der Waals surface area contributed by atoms with Gasteiger partial charge in [0.2, 0.25) is 11.8 Å². The topological polar surface area (TPSA) is 374 Å². The molecule has 0 aliphatic rings. The number of aryl methyl sites for hydroxylation is 2. The number of anilines is 4. The van der Waals surface area contributed by atoms with Gasteiger partial charge in [0.15, 0.2) is 56.9 Å². The standard InChI is InChI=1S/C55H84Cl2N18O6/c1-3-5-7-13-31-75(35-37-81-41-22-18-39(19-23-41)15-9-11-27-67-55(63)73-53(79)45-49(59)71-51(61)47(57)69-45)33-29-65-43(77)25-24-42(76)64-28-32-74(30-12-6-4-2)34-36-80-40-20-16-38(17-21-40)14-8-10-26-66-54(62)72-52(78)44-48(58)70-50(60)46(56)68-44/h16-23H,3-15,24-37H2,1-2H3,(H,64,76)(H,65,77)(H4,58,60,70)(H4,59,61,71)(H3,62,66,72,78)(H3,63,67,73,79). The summed E-state index contributed by atoms with van der Waals surface area (Å²) in [6.07, 6.45) is 12.9. The molecule has 0 saturated carbocycles. The molecule has 4 aromatic rings. The second-order valence-corrected chi connectivity index (χ2v) is 20.0. The first-order valence-electron chi connectivity index (χ1n) is 27.9. The van der Waals surface area contributed by atoms with Gasteiger partial charge in [0, 0.05) is 65.2 Å². The summed E-state index contributed by atoms with van der Waals surface area (Å²) < 4.78 is 12.2. The third kappa shape index (κ3) is 26.7. The minimum atomic E-state index is -0.684. The zero-order valence-electron chi connectivity index (χ0n) is 47.0. The van der Waals surface area contributed by atoms with Gasteiger partial charge in [0.05, 0.1) is 0 Å². The average molecular weight is 1160 g/mol. The molecular formula is C55H84Cl2N18O6. The Morgan fingerprint density at radius 2 is 0.901 bits per heavy atom. The van der Waals surface area contributed by atoms with E-state index in [1.165, 1.54) is 6.42 Å². The summed E-state index contributed by atoms with van der Waals surface area (Å²) in [5.41, 5.74) is 36.3. The molecule has 0 saturated heterocycles. The van der Waals surface area contributed by atoms with Crippen molar-refractivity contribution in [3.8, 4) is 11.5 Å². The summed E-state index contributed by atoms with van der Waals surface area (Å²) in [5.74, 6) is -0.719. The number of ether oxygens (including phenoxy) is 2. The van der Waals surface area contributed by atoms with Crippen molar-refractivity contribution >= 4 is 82.0 Å². The molecule has 2 aromatic heterocycles. The monoisotopic (exact) mass is 1160 g/mol. The smallest absolute Gasteiger partial charge is 0.280 e. The number of nitrogens with two attached hydrogens (primary N) is 6. The lowest BCUT2D eigenvalue weighted by atomic mass is 10.1. The molecule has 24 nitrogen and oxygen atoms in total. The maximum Gasteiger partial charge on any atom is 0.280 e. The number of hydrogen-bond acceptors (Lipinski definition) is 18. The molecule has 444 valence electrons. The fourth-order valence-electron chi connectivity index (χ4n) is 8.15. The van der Waals surface area contributed by atoms with Crippen molar-refractivity contribution in [1.82, 2.24) is 51.0 Å². The van der Waals surface area contributed by atoms with E-state index < -0.39 is 11.8 Å². The van der Waals surface area contributed by atoms with E-state index in [2.05, 4.69) is 74.8 Å². The molecular weight excluding hydrogens is 1080 g/mol. The first-order valence-corrected chi connectivity index (χ1v) is 28.6. The number of nitrogens with one attached hydrogen (secondary N) is 4. The van der Waals surface area contributed by atoms with E-state index in [0.717, 1.165) is 113 Å². The van der Waals surface area contributed by atoms with Crippen LogP contribution in [0.1, 0.15) is 129 Å². The molecule has 0 atom stereocenters. The molecule has 0 bridgehead atoms. The largest absolute Gasteiger partial charge is 0.492 e. The van der Waals surface area contributed by atoms with Crippen LogP contribution in [-0.2, 0) is 22.4 Å². The van der Waals surface area contributed by atoms with E-state index >= 15 is 0 Å². The predicted octanol–water partition coefficient (Wildman–Crippen LogP) is 4.88. The molecule has 16 N–H and O–H groups in total. The quantitative estimate of drug-likeness (QED) is 0.0162. The molecule has 4 rings (SSSR count). The number of carbonyl (C=O) groups is 4. The van der Waals surface area contributed by atoms with Crippen molar-refractivity contribution in [1.29, 1.82) is 0 Å². The lowest BCUT2D eigenvalue weighted by molar-refractivity contribution is -0.126. The summed E-state index contributed by atoms with van der Waals surface area (Å²) in [7, 11) is 0. The van der Waals surface area contributed by atoms with Gasteiger partial charge in [-0.25, -0.2) is 19.9 Å². The zero-order chi connectivity index (χ0) is 58.8. The van der Waals surface area contributed by atoms with Gasteiger partial charge in [-0.1, -0.05) is 93.4 Å². The Kier molecular flexibility index (Phi) is 30.8. The van der Waals surface area contributed by atoms with Gasteiger partial charge in [0.1, 0.15) is 24.7 Å². The number of amides is 4. The number of carbonyl (C=O) groups excluding carboxylic acids is 4. The van der Waals surface area contributed by atoms with Gasteiger partial charge in [-0.3, -0.25) is 49.6 Å². The third-order valence-electron chi connectivity index (χ3n) is 12.7. The van der Waals surface area contributed by atoms with Crippen LogP contribution in [0.3, 0.4) is 0 Å². The van der Waals surface area contributed by atoms with Gasteiger partial charge >= 0.3 is 0 Å². The van der Waals surface area contributed by atoms with E-state index in [1.54, 1.807) is 0 Å².